The zero-order valence-corrected chi connectivity index (χ0v) is 16.0. The third-order valence-corrected chi connectivity index (χ3v) is 5.02. The Morgan fingerprint density at radius 2 is 1.96 bits per heavy atom. The van der Waals surface area contributed by atoms with E-state index < -0.39 is 0 Å². The second-order valence-electron chi connectivity index (χ2n) is 6.77. The molecule has 0 bridgehead atoms. The molecule has 3 rings (SSSR count). The van der Waals surface area contributed by atoms with Crippen LogP contribution in [-0.4, -0.2) is 53.1 Å². The van der Waals surface area contributed by atoms with Crippen molar-refractivity contribution >= 4 is 17.5 Å². The Bertz CT molecular complexity index is 723. The van der Waals surface area contributed by atoms with Crippen molar-refractivity contribution in [1.82, 2.24) is 20.3 Å². The minimum Gasteiger partial charge on any atom is -0.360 e. The van der Waals surface area contributed by atoms with Crippen molar-refractivity contribution in [1.29, 1.82) is 0 Å². The molecular formula is C19H25ClN4O2. The molecule has 7 heteroatoms. The number of nitrogens with one attached hydrogen (secondary N) is 1. The largest absolute Gasteiger partial charge is 0.360 e. The fourth-order valence-electron chi connectivity index (χ4n) is 3.12. The summed E-state index contributed by atoms with van der Waals surface area (Å²) in [5.41, 5.74) is 1.95. The molecule has 26 heavy (non-hydrogen) atoms. The minimum atomic E-state index is -0.142. The second kappa shape index (κ2) is 8.66. The minimum absolute atomic E-state index is 0.0549. The van der Waals surface area contributed by atoms with Crippen LogP contribution in [-0.2, 0) is 17.9 Å². The van der Waals surface area contributed by atoms with Gasteiger partial charge in [-0.15, -0.1) is 0 Å². The van der Waals surface area contributed by atoms with Gasteiger partial charge in [0.25, 0.3) is 0 Å². The Morgan fingerprint density at radius 1 is 1.27 bits per heavy atom. The summed E-state index contributed by atoms with van der Waals surface area (Å²) >= 11 is 5.88. The Labute approximate surface area is 159 Å². The van der Waals surface area contributed by atoms with Gasteiger partial charge in [-0.05, 0) is 31.5 Å². The molecule has 0 radical (unpaired) electrons. The van der Waals surface area contributed by atoms with Crippen LogP contribution in [0.5, 0.6) is 0 Å². The van der Waals surface area contributed by atoms with Gasteiger partial charge >= 0.3 is 0 Å². The van der Waals surface area contributed by atoms with E-state index in [4.69, 9.17) is 16.1 Å². The lowest BCUT2D eigenvalue weighted by Crippen LogP contribution is -2.53. The zero-order chi connectivity index (χ0) is 18.5. The number of halogens is 1. The van der Waals surface area contributed by atoms with Crippen LogP contribution >= 0.6 is 11.6 Å². The predicted molar refractivity (Wildman–Crippen MR) is 101 cm³/mol. The van der Waals surface area contributed by atoms with E-state index in [-0.39, 0.29) is 11.9 Å². The molecule has 1 N–H and O–H groups in total. The van der Waals surface area contributed by atoms with Crippen molar-refractivity contribution in [3.63, 3.8) is 0 Å². The molecule has 1 aromatic carbocycles. The number of carbonyl (C=O) groups is 1. The quantitative estimate of drug-likeness (QED) is 0.839. The number of benzene rings is 1. The zero-order valence-electron chi connectivity index (χ0n) is 15.2. The molecule has 1 aliphatic heterocycles. The summed E-state index contributed by atoms with van der Waals surface area (Å²) < 4.78 is 5.28. The van der Waals surface area contributed by atoms with Gasteiger partial charge in [0.05, 0.1) is 18.3 Å². The van der Waals surface area contributed by atoms with Gasteiger partial charge in [-0.3, -0.25) is 14.6 Å². The van der Waals surface area contributed by atoms with E-state index in [9.17, 15) is 4.79 Å². The van der Waals surface area contributed by atoms with Crippen molar-refractivity contribution in [3.05, 3.63) is 52.4 Å². The van der Waals surface area contributed by atoms with Crippen molar-refractivity contribution in [2.45, 2.75) is 33.0 Å². The van der Waals surface area contributed by atoms with Crippen molar-refractivity contribution in [2.75, 3.05) is 26.2 Å². The van der Waals surface area contributed by atoms with E-state index in [0.717, 1.165) is 49.7 Å². The smallest absolute Gasteiger partial charge is 0.237 e. The van der Waals surface area contributed by atoms with Gasteiger partial charge in [0.2, 0.25) is 5.91 Å². The fourth-order valence-corrected chi connectivity index (χ4v) is 3.25. The highest BCUT2D eigenvalue weighted by Gasteiger charge is 2.25. The highest BCUT2D eigenvalue weighted by Crippen LogP contribution is 2.12. The van der Waals surface area contributed by atoms with Crippen molar-refractivity contribution in [3.8, 4) is 0 Å². The summed E-state index contributed by atoms with van der Waals surface area (Å²) in [5, 5.41) is 7.64. The Balaban J connectivity index is 1.42. The van der Waals surface area contributed by atoms with Crippen LogP contribution in [0.3, 0.4) is 0 Å². The van der Waals surface area contributed by atoms with Crippen molar-refractivity contribution < 1.29 is 9.32 Å². The SMILES string of the molecule is Cc1cc(CN2CCN(C(C)C(=O)NCc3ccc(Cl)cc3)CC2)on1. The third-order valence-electron chi connectivity index (χ3n) is 4.77. The van der Waals surface area contributed by atoms with E-state index in [1.54, 1.807) is 0 Å². The van der Waals surface area contributed by atoms with Gasteiger partial charge in [0.15, 0.2) is 5.76 Å². The summed E-state index contributed by atoms with van der Waals surface area (Å²) in [4.78, 5) is 17.0. The molecule has 140 valence electrons. The van der Waals surface area contributed by atoms with Crippen LogP contribution in [0.15, 0.2) is 34.9 Å². The molecule has 1 fully saturated rings. The highest BCUT2D eigenvalue weighted by molar-refractivity contribution is 6.30. The monoisotopic (exact) mass is 376 g/mol. The van der Waals surface area contributed by atoms with E-state index in [1.165, 1.54) is 0 Å². The first kappa shape index (κ1) is 18.9. The van der Waals surface area contributed by atoms with E-state index in [2.05, 4.69) is 20.3 Å². The Hall–Kier alpha value is -1.89. The van der Waals surface area contributed by atoms with Crippen LogP contribution in [0, 0.1) is 6.92 Å². The number of amides is 1. The van der Waals surface area contributed by atoms with Crippen molar-refractivity contribution in [2.24, 2.45) is 0 Å². The molecule has 2 heterocycles. The number of aromatic nitrogens is 1. The maximum atomic E-state index is 12.4. The van der Waals surface area contributed by atoms with E-state index in [1.807, 2.05) is 44.2 Å². The third kappa shape index (κ3) is 5.06. The van der Waals surface area contributed by atoms with Crippen LogP contribution in [0.1, 0.15) is 23.9 Å². The number of carbonyl (C=O) groups excluding carboxylic acids is 1. The van der Waals surface area contributed by atoms with E-state index in [0.29, 0.717) is 11.6 Å². The lowest BCUT2D eigenvalue weighted by molar-refractivity contribution is -0.126. The molecule has 1 amide bonds. The average Bonchev–Trinajstić information content (AvgIpc) is 3.06. The first-order valence-electron chi connectivity index (χ1n) is 8.92. The normalized spacial score (nSPS) is 17.2. The Kier molecular flexibility index (Phi) is 6.29. The molecule has 0 aliphatic carbocycles. The molecule has 0 spiro atoms. The molecule has 1 atom stereocenters. The van der Waals surface area contributed by atoms with Gasteiger partial charge in [-0.1, -0.05) is 28.9 Å². The maximum absolute atomic E-state index is 12.4. The average molecular weight is 377 g/mol. The molecule has 1 aromatic heterocycles. The molecular weight excluding hydrogens is 352 g/mol. The van der Waals surface area contributed by atoms with Gasteiger partial charge in [-0.25, -0.2) is 0 Å². The van der Waals surface area contributed by atoms with Gasteiger partial charge in [-0.2, -0.15) is 0 Å². The molecule has 1 aliphatic rings. The summed E-state index contributed by atoms with van der Waals surface area (Å²) in [7, 11) is 0. The number of nitrogens with zero attached hydrogens (tertiary/aromatic N) is 3. The van der Waals surface area contributed by atoms with Gasteiger partial charge in [0.1, 0.15) is 0 Å². The highest BCUT2D eigenvalue weighted by atomic mass is 35.5. The molecule has 6 nitrogen and oxygen atoms in total. The lowest BCUT2D eigenvalue weighted by Gasteiger charge is -2.37. The second-order valence-corrected chi connectivity index (χ2v) is 7.20. The van der Waals surface area contributed by atoms with Crippen LogP contribution in [0.25, 0.3) is 0 Å². The number of piperazine rings is 1. The number of aryl methyl sites for hydroxylation is 1. The number of hydrogen-bond donors (Lipinski definition) is 1. The Morgan fingerprint density at radius 3 is 2.58 bits per heavy atom. The standard InChI is InChI=1S/C19H25ClN4O2/c1-14-11-18(26-22-14)13-23-7-9-24(10-8-23)15(2)19(25)21-12-16-3-5-17(20)6-4-16/h3-6,11,15H,7-10,12-13H2,1-2H3,(H,21,25). The molecule has 2 aromatic rings. The topological polar surface area (TPSA) is 61.6 Å². The van der Waals surface area contributed by atoms with Gasteiger partial charge in [0, 0.05) is 43.8 Å². The molecule has 1 unspecified atom stereocenters. The lowest BCUT2D eigenvalue weighted by atomic mass is 10.2. The predicted octanol–water partition coefficient (Wildman–Crippen LogP) is 2.46. The first-order chi connectivity index (χ1) is 12.5. The fraction of sp³-hybridized carbons (Fsp3) is 0.474. The van der Waals surface area contributed by atoms with Gasteiger partial charge < -0.3 is 9.84 Å². The summed E-state index contributed by atoms with van der Waals surface area (Å²) in [6.07, 6.45) is 0. The van der Waals surface area contributed by atoms with Crippen LogP contribution in [0.4, 0.5) is 0 Å². The molecule has 0 saturated carbocycles. The summed E-state index contributed by atoms with van der Waals surface area (Å²) in [6.45, 7) is 8.73. The number of hydrogen-bond acceptors (Lipinski definition) is 5. The van der Waals surface area contributed by atoms with E-state index >= 15 is 0 Å². The maximum Gasteiger partial charge on any atom is 0.237 e. The molecule has 1 saturated heterocycles. The number of rotatable bonds is 6. The summed E-state index contributed by atoms with van der Waals surface area (Å²) in [5.74, 6) is 0.948. The van der Waals surface area contributed by atoms with Crippen LogP contribution < -0.4 is 5.32 Å². The first-order valence-corrected chi connectivity index (χ1v) is 9.30. The van der Waals surface area contributed by atoms with Crippen LogP contribution in [0.2, 0.25) is 5.02 Å². The summed E-state index contributed by atoms with van der Waals surface area (Å²) in [6, 6.07) is 9.36.